The first-order chi connectivity index (χ1) is 8.63. The molecule has 0 aliphatic rings. The van der Waals surface area contributed by atoms with Crippen LogP contribution in [0.4, 0.5) is 4.39 Å². The van der Waals surface area contributed by atoms with Crippen LogP contribution < -0.4 is 10.6 Å². The maximum Gasteiger partial charge on any atom is 0.234 e. The van der Waals surface area contributed by atoms with Crippen LogP contribution in [-0.4, -0.2) is 32.7 Å². The smallest absolute Gasteiger partial charge is 0.234 e. The van der Waals surface area contributed by atoms with E-state index in [0.717, 1.165) is 5.56 Å². The van der Waals surface area contributed by atoms with Crippen molar-refractivity contribution in [3.63, 3.8) is 0 Å². The Morgan fingerprint density at radius 2 is 2.16 bits per heavy atom. The number of carbonyl (C=O) groups excluding carboxylic acids is 1. The van der Waals surface area contributed by atoms with E-state index >= 15 is 0 Å². The molecule has 0 unspecified atom stereocenters. The minimum atomic E-state index is -0.230. The monoisotopic (exact) mass is 290 g/mol. The summed E-state index contributed by atoms with van der Waals surface area (Å²) < 4.78 is 17.9. The summed E-state index contributed by atoms with van der Waals surface area (Å²) in [6.45, 7) is 3.58. The van der Waals surface area contributed by atoms with Gasteiger partial charge in [0.25, 0.3) is 0 Å². The minimum absolute atomic E-state index is 0. The number of hydrogen-bond donors (Lipinski definition) is 2. The Labute approximate surface area is 119 Å². The predicted octanol–water partition coefficient (Wildman–Crippen LogP) is 1.41. The van der Waals surface area contributed by atoms with E-state index in [0.29, 0.717) is 25.3 Å². The summed E-state index contributed by atoms with van der Waals surface area (Å²) in [5, 5.41) is 5.70. The molecular formula is C13H20ClFN2O2. The molecule has 108 valence electrons. The molecule has 0 saturated heterocycles. The lowest BCUT2D eigenvalue weighted by Gasteiger charge is -2.07. The van der Waals surface area contributed by atoms with Gasteiger partial charge in [-0.05, 0) is 24.1 Å². The van der Waals surface area contributed by atoms with E-state index in [4.69, 9.17) is 4.74 Å². The van der Waals surface area contributed by atoms with Crippen LogP contribution in [0.25, 0.3) is 0 Å². The number of nitrogens with one attached hydrogen (secondary N) is 2. The lowest BCUT2D eigenvalue weighted by molar-refractivity contribution is -0.120. The zero-order valence-electron chi connectivity index (χ0n) is 11.2. The van der Waals surface area contributed by atoms with Crippen LogP contribution in [0.1, 0.15) is 11.1 Å². The lowest BCUT2D eigenvalue weighted by atomic mass is 10.1. The van der Waals surface area contributed by atoms with Crippen LogP contribution in [0.2, 0.25) is 0 Å². The average molecular weight is 291 g/mol. The molecule has 1 rings (SSSR count). The highest BCUT2D eigenvalue weighted by molar-refractivity contribution is 5.85. The molecule has 0 aromatic heterocycles. The topological polar surface area (TPSA) is 50.4 Å². The highest BCUT2D eigenvalue weighted by Gasteiger charge is 2.02. The molecule has 6 heteroatoms. The van der Waals surface area contributed by atoms with Gasteiger partial charge in [-0.15, -0.1) is 12.4 Å². The molecule has 1 aromatic carbocycles. The number of carbonyl (C=O) groups is 1. The maximum atomic E-state index is 13.0. The Balaban J connectivity index is 0.00000324. The van der Waals surface area contributed by atoms with Crippen LogP contribution in [0.3, 0.4) is 0 Å². The van der Waals surface area contributed by atoms with Gasteiger partial charge in [-0.1, -0.05) is 12.1 Å². The Hall–Kier alpha value is -1.17. The second kappa shape index (κ2) is 9.72. The minimum Gasteiger partial charge on any atom is -0.383 e. The Morgan fingerprint density at radius 3 is 2.79 bits per heavy atom. The van der Waals surface area contributed by atoms with E-state index in [-0.39, 0.29) is 30.7 Å². The van der Waals surface area contributed by atoms with E-state index in [1.807, 2.05) is 0 Å². The summed E-state index contributed by atoms with van der Waals surface area (Å²) in [7, 11) is 1.61. The number of halogens is 2. The molecule has 1 aromatic rings. The summed E-state index contributed by atoms with van der Waals surface area (Å²) in [6, 6.07) is 4.81. The first-order valence-corrected chi connectivity index (χ1v) is 5.85. The predicted molar refractivity (Wildman–Crippen MR) is 75.0 cm³/mol. The van der Waals surface area contributed by atoms with Crippen molar-refractivity contribution in [2.45, 2.75) is 13.5 Å². The van der Waals surface area contributed by atoms with Gasteiger partial charge in [0, 0.05) is 20.2 Å². The van der Waals surface area contributed by atoms with Gasteiger partial charge < -0.3 is 15.4 Å². The van der Waals surface area contributed by atoms with E-state index in [1.165, 1.54) is 6.07 Å². The van der Waals surface area contributed by atoms with Crippen LogP contribution in [0.15, 0.2) is 18.2 Å². The first kappa shape index (κ1) is 17.8. The van der Waals surface area contributed by atoms with Gasteiger partial charge in [-0.2, -0.15) is 0 Å². The van der Waals surface area contributed by atoms with Gasteiger partial charge in [-0.25, -0.2) is 4.39 Å². The second-order valence-corrected chi connectivity index (χ2v) is 4.03. The number of rotatable bonds is 7. The summed E-state index contributed by atoms with van der Waals surface area (Å²) in [5.74, 6) is -0.320. The van der Waals surface area contributed by atoms with Crippen molar-refractivity contribution in [1.29, 1.82) is 0 Å². The third-order valence-corrected chi connectivity index (χ3v) is 2.48. The standard InChI is InChI=1S/C13H19FN2O2.ClH/c1-10-7-11(3-4-12(10)14)8-16-13(17)9-15-5-6-18-2;/h3-4,7,15H,5-6,8-9H2,1-2H3,(H,16,17);1H. The van der Waals surface area contributed by atoms with Gasteiger partial charge in [0.1, 0.15) is 5.82 Å². The van der Waals surface area contributed by atoms with Crippen molar-refractivity contribution >= 4 is 18.3 Å². The van der Waals surface area contributed by atoms with Gasteiger partial charge >= 0.3 is 0 Å². The van der Waals surface area contributed by atoms with E-state index in [2.05, 4.69) is 10.6 Å². The number of ether oxygens (including phenoxy) is 1. The highest BCUT2D eigenvalue weighted by Crippen LogP contribution is 2.08. The number of methoxy groups -OCH3 is 1. The van der Waals surface area contributed by atoms with Crippen molar-refractivity contribution < 1.29 is 13.9 Å². The third-order valence-electron chi connectivity index (χ3n) is 2.48. The third kappa shape index (κ3) is 7.10. The molecule has 0 saturated carbocycles. The molecule has 0 aliphatic heterocycles. The molecule has 19 heavy (non-hydrogen) atoms. The van der Waals surface area contributed by atoms with Crippen LogP contribution >= 0.6 is 12.4 Å². The second-order valence-electron chi connectivity index (χ2n) is 4.03. The molecule has 4 nitrogen and oxygen atoms in total. The van der Waals surface area contributed by atoms with Crippen molar-refractivity contribution in [2.24, 2.45) is 0 Å². The van der Waals surface area contributed by atoms with Crippen LogP contribution in [-0.2, 0) is 16.1 Å². The van der Waals surface area contributed by atoms with Crippen LogP contribution in [0.5, 0.6) is 0 Å². The molecule has 0 spiro atoms. The average Bonchev–Trinajstić information content (AvgIpc) is 2.36. The molecule has 2 N–H and O–H groups in total. The van der Waals surface area contributed by atoms with Crippen molar-refractivity contribution in [3.8, 4) is 0 Å². The van der Waals surface area contributed by atoms with E-state index in [1.54, 1.807) is 26.2 Å². The van der Waals surface area contributed by atoms with Gasteiger partial charge in [0.2, 0.25) is 5.91 Å². The molecule has 1 amide bonds. The van der Waals surface area contributed by atoms with Crippen molar-refractivity contribution in [3.05, 3.63) is 35.1 Å². The summed E-state index contributed by atoms with van der Waals surface area (Å²) in [5.41, 5.74) is 1.47. The van der Waals surface area contributed by atoms with Crippen molar-refractivity contribution in [1.82, 2.24) is 10.6 Å². The van der Waals surface area contributed by atoms with Gasteiger partial charge in [0.05, 0.1) is 13.2 Å². The SMILES string of the molecule is COCCNCC(=O)NCc1ccc(F)c(C)c1.Cl. The largest absolute Gasteiger partial charge is 0.383 e. The molecule has 0 bridgehead atoms. The molecular weight excluding hydrogens is 271 g/mol. The Morgan fingerprint density at radius 1 is 1.42 bits per heavy atom. The number of hydrogen-bond acceptors (Lipinski definition) is 3. The fourth-order valence-electron chi connectivity index (χ4n) is 1.46. The number of benzene rings is 1. The Bertz CT molecular complexity index is 402. The summed E-state index contributed by atoms with van der Waals surface area (Å²) in [6.07, 6.45) is 0. The molecule has 0 atom stereocenters. The number of aryl methyl sites for hydroxylation is 1. The van der Waals surface area contributed by atoms with Crippen molar-refractivity contribution in [2.75, 3.05) is 26.8 Å². The zero-order valence-corrected chi connectivity index (χ0v) is 12.0. The normalized spacial score (nSPS) is 9.84. The van der Waals surface area contributed by atoms with Crippen LogP contribution in [0, 0.1) is 12.7 Å². The summed E-state index contributed by atoms with van der Waals surface area (Å²) in [4.78, 5) is 11.4. The molecule has 0 aliphatic carbocycles. The fourth-order valence-corrected chi connectivity index (χ4v) is 1.46. The van der Waals surface area contributed by atoms with E-state index in [9.17, 15) is 9.18 Å². The summed E-state index contributed by atoms with van der Waals surface area (Å²) >= 11 is 0. The number of amides is 1. The highest BCUT2D eigenvalue weighted by atomic mass is 35.5. The molecule has 0 radical (unpaired) electrons. The maximum absolute atomic E-state index is 13.0. The zero-order chi connectivity index (χ0) is 13.4. The lowest BCUT2D eigenvalue weighted by Crippen LogP contribution is -2.34. The fraction of sp³-hybridized carbons (Fsp3) is 0.462. The first-order valence-electron chi connectivity index (χ1n) is 5.85. The quantitative estimate of drug-likeness (QED) is 0.747. The molecule has 0 heterocycles. The molecule has 0 fully saturated rings. The Kier molecular flexibility index (Phi) is 9.12. The van der Waals surface area contributed by atoms with Gasteiger partial charge in [-0.3, -0.25) is 4.79 Å². The van der Waals surface area contributed by atoms with Gasteiger partial charge in [0.15, 0.2) is 0 Å². The van der Waals surface area contributed by atoms with E-state index < -0.39 is 0 Å².